The third-order valence-corrected chi connectivity index (χ3v) is 3.91. The zero-order chi connectivity index (χ0) is 14.0. The molecule has 0 saturated carbocycles. The molecule has 0 bridgehead atoms. The lowest BCUT2D eigenvalue weighted by Gasteiger charge is -2.26. The van der Waals surface area contributed by atoms with Crippen molar-refractivity contribution in [2.24, 2.45) is 0 Å². The summed E-state index contributed by atoms with van der Waals surface area (Å²) in [5, 5.41) is 0. The maximum atomic E-state index is 5.68. The zero-order valence-electron chi connectivity index (χ0n) is 12.0. The van der Waals surface area contributed by atoms with Crippen LogP contribution < -0.4 is 4.74 Å². The maximum Gasteiger partial charge on any atom is 0.119 e. The Labute approximate surface area is 120 Å². The molecule has 2 aromatic carbocycles. The Bertz CT molecular complexity index is 554. The molecule has 1 heterocycles. The number of rotatable bonds is 5. The highest BCUT2D eigenvalue weighted by atomic mass is 16.6. The van der Waals surface area contributed by atoms with Crippen LogP contribution >= 0.6 is 0 Å². The van der Waals surface area contributed by atoms with Gasteiger partial charge in [-0.1, -0.05) is 56.3 Å². The predicted molar refractivity (Wildman–Crippen MR) is 80.2 cm³/mol. The number of epoxide rings is 1. The largest absolute Gasteiger partial charge is 0.491 e. The van der Waals surface area contributed by atoms with E-state index in [4.69, 9.17) is 9.47 Å². The SMILES string of the molecule is CC(C)(c1ccccc1)c1ccc(OC[C@@H]2CO2)cc1. The average Bonchev–Trinajstić information content (AvgIpc) is 3.31. The molecule has 0 spiro atoms. The lowest BCUT2D eigenvalue weighted by atomic mass is 9.78. The monoisotopic (exact) mass is 268 g/mol. The van der Waals surface area contributed by atoms with E-state index in [-0.39, 0.29) is 5.41 Å². The highest BCUT2D eigenvalue weighted by Gasteiger charge is 2.24. The molecule has 0 amide bonds. The molecule has 1 atom stereocenters. The van der Waals surface area contributed by atoms with Crippen molar-refractivity contribution < 1.29 is 9.47 Å². The smallest absolute Gasteiger partial charge is 0.119 e. The summed E-state index contributed by atoms with van der Waals surface area (Å²) in [6, 6.07) is 19.0. The zero-order valence-corrected chi connectivity index (χ0v) is 12.0. The fraction of sp³-hybridized carbons (Fsp3) is 0.333. The molecule has 1 aliphatic heterocycles. The first kappa shape index (κ1) is 13.2. The highest BCUT2D eigenvalue weighted by Crippen LogP contribution is 2.32. The van der Waals surface area contributed by atoms with Crippen molar-refractivity contribution in [3.05, 3.63) is 65.7 Å². The molecule has 1 fully saturated rings. The highest BCUT2D eigenvalue weighted by molar-refractivity contribution is 5.39. The van der Waals surface area contributed by atoms with Gasteiger partial charge in [-0.05, 0) is 23.3 Å². The van der Waals surface area contributed by atoms with Crippen molar-refractivity contribution in [2.75, 3.05) is 13.2 Å². The van der Waals surface area contributed by atoms with Gasteiger partial charge in [0.05, 0.1) is 6.61 Å². The Morgan fingerprint density at radius 1 is 1.00 bits per heavy atom. The molecule has 1 saturated heterocycles. The molecule has 104 valence electrons. The topological polar surface area (TPSA) is 21.8 Å². The number of hydrogen-bond acceptors (Lipinski definition) is 2. The second-order valence-corrected chi connectivity index (χ2v) is 5.78. The lowest BCUT2D eigenvalue weighted by Crippen LogP contribution is -2.18. The molecule has 2 heteroatoms. The molecule has 20 heavy (non-hydrogen) atoms. The molecular weight excluding hydrogens is 248 g/mol. The minimum absolute atomic E-state index is 0.000602. The van der Waals surface area contributed by atoms with Crippen LogP contribution in [-0.2, 0) is 10.2 Å². The standard InChI is InChI=1S/C18H20O2/c1-18(2,14-6-4-3-5-7-14)15-8-10-16(11-9-15)19-12-17-13-20-17/h3-11,17H,12-13H2,1-2H3/t17-/m1/s1. The molecule has 2 nitrogen and oxygen atoms in total. The first-order chi connectivity index (χ1) is 9.66. The van der Waals surface area contributed by atoms with E-state index in [1.54, 1.807) is 0 Å². The van der Waals surface area contributed by atoms with Crippen LogP contribution in [0.3, 0.4) is 0 Å². The molecule has 2 aromatic rings. The van der Waals surface area contributed by atoms with Crippen LogP contribution in [0.15, 0.2) is 54.6 Å². The van der Waals surface area contributed by atoms with Crippen molar-refractivity contribution in [3.63, 3.8) is 0 Å². The van der Waals surface area contributed by atoms with Gasteiger partial charge in [-0.2, -0.15) is 0 Å². The van der Waals surface area contributed by atoms with Gasteiger partial charge < -0.3 is 9.47 Å². The van der Waals surface area contributed by atoms with E-state index in [1.165, 1.54) is 11.1 Å². The van der Waals surface area contributed by atoms with E-state index in [0.717, 1.165) is 12.4 Å². The van der Waals surface area contributed by atoms with Crippen molar-refractivity contribution in [3.8, 4) is 5.75 Å². The van der Waals surface area contributed by atoms with Crippen LogP contribution in [0.2, 0.25) is 0 Å². The third-order valence-electron chi connectivity index (χ3n) is 3.91. The van der Waals surface area contributed by atoms with Gasteiger partial charge in [0.25, 0.3) is 0 Å². The second kappa shape index (κ2) is 5.29. The van der Waals surface area contributed by atoms with Gasteiger partial charge in [0, 0.05) is 5.41 Å². The summed E-state index contributed by atoms with van der Waals surface area (Å²) in [5.74, 6) is 0.910. The fourth-order valence-electron chi connectivity index (χ4n) is 2.34. The van der Waals surface area contributed by atoms with E-state index >= 15 is 0 Å². The maximum absolute atomic E-state index is 5.68. The van der Waals surface area contributed by atoms with Crippen molar-refractivity contribution in [1.29, 1.82) is 0 Å². The van der Waals surface area contributed by atoms with Gasteiger partial charge in [0.2, 0.25) is 0 Å². The molecule has 3 rings (SSSR count). The van der Waals surface area contributed by atoms with Crippen LogP contribution in [0.1, 0.15) is 25.0 Å². The normalized spacial score (nSPS) is 17.8. The van der Waals surface area contributed by atoms with Crippen LogP contribution in [0.25, 0.3) is 0 Å². The first-order valence-electron chi connectivity index (χ1n) is 7.07. The minimum atomic E-state index is -0.000602. The molecular formula is C18H20O2. The van der Waals surface area contributed by atoms with Crippen LogP contribution in [0.4, 0.5) is 0 Å². The molecule has 0 unspecified atom stereocenters. The van der Waals surface area contributed by atoms with Crippen molar-refractivity contribution in [1.82, 2.24) is 0 Å². The summed E-state index contributed by atoms with van der Waals surface area (Å²) in [5.41, 5.74) is 2.61. The second-order valence-electron chi connectivity index (χ2n) is 5.78. The molecule has 0 radical (unpaired) electrons. The molecule has 0 aromatic heterocycles. The minimum Gasteiger partial charge on any atom is -0.491 e. The van der Waals surface area contributed by atoms with Gasteiger partial charge in [-0.15, -0.1) is 0 Å². The number of hydrogen-bond donors (Lipinski definition) is 0. The van der Waals surface area contributed by atoms with Gasteiger partial charge in [0.1, 0.15) is 18.5 Å². The Balaban J connectivity index is 1.75. The van der Waals surface area contributed by atoms with Gasteiger partial charge in [-0.3, -0.25) is 0 Å². The van der Waals surface area contributed by atoms with Crippen molar-refractivity contribution in [2.45, 2.75) is 25.4 Å². The lowest BCUT2D eigenvalue weighted by molar-refractivity contribution is 0.263. The summed E-state index contributed by atoms with van der Waals surface area (Å²) in [7, 11) is 0. The first-order valence-corrected chi connectivity index (χ1v) is 7.07. The summed E-state index contributed by atoms with van der Waals surface area (Å²) in [6.45, 7) is 5.98. The van der Waals surface area contributed by atoms with E-state index in [1.807, 2.05) is 12.1 Å². The predicted octanol–water partition coefficient (Wildman–Crippen LogP) is 3.79. The van der Waals surface area contributed by atoms with Gasteiger partial charge >= 0.3 is 0 Å². The Morgan fingerprint density at radius 3 is 2.20 bits per heavy atom. The molecule has 0 aliphatic carbocycles. The number of benzene rings is 2. The van der Waals surface area contributed by atoms with Crippen LogP contribution in [-0.4, -0.2) is 19.3 Å². The van der Waals surface area contributed by atoms with E-state index in [9.17, 15) is 0 Å². The Morgan fingerprint density at radius 2 is 1.60 bits per heavy atom. The third kappa shape index (κ3) is 2.86. The summed E-state index contributed by atoms with van der Waals surface area (Å²) < 4.78 is 10.8. The van der Waals surface area contributed by atoms with Crippen molar-refractivity contribution >= 4 is 0 Å². The quantitative estimate of drug-likeness (QED) is 0.770. The van der Waals surface area contributed by atoms with Gasteiger partial charge in [0.15, 0.2) is 0 Å². The number of ether oxygens (including phenoxy) is 2. The van der Waals surface area contributed by atoms with Gasteiger partial charge in [-0.25, -0.2) is 0 Å². The Hall–Kier alpha value is -1.80. The van der Waals surface area contributed by atoms with E-state index < -0.39 is 0 Å². The average molecular weight is 268 g/mol. The van der Waals surface area contributed by atoms with Crippen LogP contribution in [0, 0.1) is 0 Å². The van der Waals surface area contributed by atoms with E-state index in [2.05, 4.69) is 56.3 Å². The van der Waals surface area contributed by atoms with E-state index in [0.29, 0.717) is 12.7 Å². The summed E-state index contributed by atoms with van der Waals surface area (Å²) in [4.78, 5) is 0. The van der Waals surface area contributed by atoms with Crippen LogP contribution in [0.5, 0.6) is 5.75 Å². The summed E-state index contributed by atoms with van der Waals surface area (Å²) >= 11 is 0. The Kier molecular flexibility index (Phi) is 3.49. The molecule has 1 aliphatic rings. The summed E-state index contributed by atoms with van der Waals surface area (Å²) in [6.07, 6.45) is 0.301. The molecule has 0 N–H and O–H groups in total. The fourth-order valence-corrected chi connectivity index (χ4v) is 2.34.